The van der Waals surface area contributed by atoms with Crippen molar-refractivity contribution in [2.24, 2.45) is 11.1 Å². The van der Waals surface area contributed by atoms with E-state index in [-0.39, 0.29) is 18.6 Å². The lowest BCUT2D eigenvalue weighted by Crippen LogP contribution is -2.36. The molecule has 0 aliphatic rings. The van der Waals surface area contributed by atoms with Gasteiger partial charge in [-0.1, -0.05) is 19.9 Å². The largest absolute Gasteiger partial charge is 0.449 e. The predicted octanol–water partition coefficient (Wildman–Crippen LogP) is 1.80. The summed E-state index contributed by atoms with van der Waals surface area (Å²) in [5.74, 6) is 0. The number of primary amides is 1. The van der Waals surface area contributed by atoms with E-state index in [9.17, 15) is 9.59 Å². The van der Waals surface area contributed by atoms with Crippen LogP contribution in [0.15, 0.2) is 12.7 Å². The quantitative estimate of drug-likeness (QED) is 0.649. The molecule has 0 aromatic carbocycles. The van der Waals surface area contributed by atoms with Gasteiger partial charge in [0.25, 0.3) is 0 Å². The highest BCUT2D eigenvalue weighted by atomic mass is 16.6. The van der Waals surface area contributed by atoms with E-state index in [1.807, 2.05) is 13.8 Å². The second-order valence-corrected chi connectivity index (χ2v) is 4.06. The predicted molar refractivity (Wildman–Crippen MR) is 68.1 cm³/mol. The van der Waals surface area contributed by atoms with Gasteiger partial charge in [-0.25, -0.2) is 9.59 Å². The van der Waals surface area contributed by atoms with E-state index in [1.54, 1.807) is 6.08 Å². The number of ether oxygens (including phenoxy) is 2. The number of amides is 2. The van der Waals surface area contributed by atoms with Crippen LogP contribution in [0.25, 0.3) is 0 Å². The number of carbonyl (C=O) groups is 2. The van der Waals surface area contributed by atoms with Crippen molar-refractivity contribution in [1.29, 1.82) is 0 Å². The van der Waals surface area contributed by atoms with Crippen molar-refractivity contribution in [3.05, 3.63) is 12.7 Å². The average Bonchev–Trinajstić information content (AvgIpc) is 2.37. The summed E-state index contributed by atoms with van der Waals surface area (Å²) in [6.07, 6.45) is 1.65. The van der Waals surface area contributed by atoms with Crippen LogP contribution in [0.3, 0.4) is 0 Å². The van der Waals surface area contributed by atoms with Crippen molar-refractivity contribution < 1.29 is 19.1 Å². The van der Waals surface area contributed by atoms with Gasteiger partial charge < -0.3 is 20.5 Å². The summed E-state index contributed by atoms with van der Waals surface area (Å²) >= 11 is 0. The fraction of sp³-hybridized carbons (Fsp3) is 0.667. The molecule has 0 saturated heterocycles. The SMILES string of the molecule is C=CCNC(=O)OCC(CC)(CC)COC(N)=O. The highest BCUT2D eigenvalue weighted by Gasteiger charge is 2.29. The van der Waals surface area contributed by atoms with Crippen molar-refractivity contribution in [1.82, 2.24) is 5.32 Å². The minimum atomic E-state index is -0.822. The molecule has 0 fully saturated rings. The molecule has 0 rings (SSSR count). The van der Waals surface area contributed by atoms with Gasteiger partial charge in [0.1, 0.15) is 13.2 Å². The van der Waals surface area contributed by atoms with Gasteiger partial charge in [0.2, 0.25) is 0 Å². The maximum atomic E-state index is 11.3. The minimum absolute atomic E-state index is 0.143. The van der Waals surface area contributed by atoms with Crippen LogP contribution in [0.4, 0.5) is 9.59 Å². The highest BCUT2D eigenvalue weighted by molar-refractivity contribution is 5.67. The molecule has 0 aromatic rings. The molecule has 0 aliphatic heterocycles. The summed E-state index contributed by atoms with van der Waals surface area (Å²) in [5, 5.41) is 2.51. The number of carbonyl (C=O) groups excluding carboxylic acids is 2. The van der Waals surface area contributed by atoms with Crippen LogP contribution in [0.2, 0.25) is 0 Å². The fourth-order valence-electron chi connectivity index (χ4n) is 1.35. The molecule has 0 heterocycles. The first-order valence-electron chi connectivity index (χ1n) is 5.93. The number of rotatable bonds is 8. The van der Waals surface area contributed by atoms with Crippen LogP contribution < -0.4 is 11.1 Å². The van der Waals surface area contributed by atoms with Crippen molar-refractivity contribution >= 4 is 12.2 Å². The Morgan fingerprint density at radius 1 is 1.28 bits per heavy atom. The van der Waals surface area contributed by atoms with Crippen LogP contribution in [-0.4, -0.2) is 31.9 Å². The molecule has 6 nitrogen and oxygen atoms in total. The molecule has 0 aromatic heterocycles. The number of nitrogens with one attached hydrogen (secondary N) is 1. The monoisotopic (exact) mass is 258 g/mol. The third-order valence-electron chi connectivity index (χ3n) is 2.92. The summed E-state index contributed by atoms with van der Waals surface area (Å²) in [7, 11) is 0. The van der Waals surface area contributed by atoms with Crippen LogP contribution in [0.1, 0.15) is 26.7 Å². The zero-order valence-electron chi connectivity index (χ0n) is 11.0. The van der Waals surface area contributed by atoms with Crippen molar-refractivity contribution in [3.8, 4) is 0 Å². The van der Waals surface area contributed by atoms with Crippen LogP contribution in [-0.2, 0) is 9.47 Å². The molecule has 0 radical (unpaired) electrons. The standard InChI is InChI=1S/C12H22N2O4/c1-4-7-14-11(16)18-9-12(5-2,6-3)8-17-10(13)15/h4H,1,5-9H2,2-3H3,(H2,13,15)(H,14,16). The highest BCUT2D eigenvalue weighted by Crippen LogP contribution is 2.27. The van der Waals surface area contributed by atoms with Gasteiger partial charge >= 0.3 is 12.2 Å². The lowest BCUT2D eigenvalue weighted by atomic mass is 9.84. The van der Waals surface area contributed by atoms with Gasteiger partial charge in [-0.2, -0.15) is 0 Å². The third-order valence-corrected chi connectivity index (χ3v) is 2.92. The molecule has 18 heavy (non-hydrogen) atoms. The Bertz CT molecular complexity index is 288. The van der Waals surface area contributed by atoms with E-state index in [4.69, 9.17) is 15.2 Å². The first kappa shape index (κ1) is 16.3. The maximum Gasteiger partial charge on any atom is 0.407 e. The van der Waals surface area contributed by atoms with Crippen LogP contribution in [0, 0.1) is 5.41 Å². The molecular weight excluding hydrogens is 236 g/mol. The number of alkyl carbamates (subject to hydrolysis) is 1. The number of hydrogen-bond donors (Lipinski definition) is 2. The lowest BCUT2D eigenvalue weighted by molar-refractivity contribution is 0.0237. The zero-order valence-corrected chi connectivity index (χ0v) is 11.0. The Morgan fingerprint density at radius 2 is 1.83 bits per heavy atom. The van der Waals surface area contributed by atoms with Gasteiger partial charge in [-0.15, -0.1) is 6.58 Å². The third kappa shape index (κ3) is 6.12. The minimum Gasteiger partial charge on any atom is -0.449 e. The van der Waals surface area contributed by atoms with Gasteiger partial charge in [0, 0.05) is 12.0 Å². The molecular formula is C12H22N2O4. The van der Waals surface area contributed by atoms with Crippen LogP contribution in [0.5, 0.6) is 0 Å². The Kier molecular flexibility index (Phi) is 7.58. The zero-order chi connectivity index (χ0) is 14.0. The molecule has 2 amide bonds. The topological polar surface area (TPSA) is 90.7 Å². The second kappa shape index (κ2) is 8.38. The molecule has 0 spiro atoms. The summed E-state index contributed by atoms with van der Waals surface area (Å²) in [5.41, 5.74) is 4.55. The molecule has 0 bridgehead atoms. The summed E-state index contributed by atoms with van der Waals surface area (Å²) in [6, 6.07) is 0. The second-order valence-electron chi connectivity index (χ2n) is 4.06. The number of hydrogen-bond acceptors (Lipinski definition) is 4. The van der Waals surface area contributed by atoms with E-state index in [0.29, 0.717) is 19.4 Å². The van der Waals surface area contributed by atoms with E-state index >= 15 is 0 Å². The summed E-state index contributed by atoms with van der Waals surface area (Å²) in [6.45, 7) is 8.04. The van der Waals surface area contributed by atoms with Gasteiger partial charge in [0.05, 0.1) is 0 Å². The molecule has 3 N–H and O–H groups in total. The Morgan fingerprint density at radius 3 is 2.28 bits per heavy atom. The molecule has 6 heteroatoms. The first-order chi connectivity index (χ1) is 8.49. The maximum absolute atomic E-state index is 11.3. The van der Waals surface area contributed by atoms with Gasteiger partial charge in [-0.05, 0) is 12.8 Å². The Balaban J connectivity index is 4.28. The van der Waals surface area contributed by atoms with E-state index in [1.165, 1.54) is 0 Å². The average molecular weight is 258 g/mol. The molecule has 0 aliphatic carbocycles. The fourth-order valence-corrected chi connectivity index (χ4v) is 1.35. The molecule has 0 atom stereocenters. The molecule has 0 unspecified atom stereocenters. The normalized spacial score (nSPS) is 10.6. The van der Waals surface area contributed by atoms with Crippen LogP contribution >= 0.6 is 0 Å². The smallest absolute Gasteiger partial charge is 0.407 e. The molecule has 104 valence electrons. The first-order valence-corrected chi connectivity index (χ1v) is 5.93. The Hall–Kier alpha value is -1.72. The summed E-state index contributed by atoms with van der Waals surface area (Å²) in [4.78, 5) is 21.9. The van der Waals surface area contributed by atoms with E-state index in [2.05, 4.69) is 11.9 Å². The number of nitrogens with two attached hydrogens (primary N) is 1. The van der Waals surface area contributed by atoms with Crippen molar-refractivity contribution in [3.63, 3.8) is 0 Å². The Labute approximate surface area is 108 Å². The van der Waals surface area contributed by atoms with E-state index in [0.717, 1.165) is 0 Å². The van der Waals surface area contributed by atoms with Gasteiger partial charge in [0.15, 0.2) is 0 Å². The van der Waals surface area contributed by atoms with Crippen molar-refractivity contribution in [2.75, 3.05) is 19.8 Å². The van der Waals surface area contributed by atoms with Gasteiger partial charge in [-0.3, -0.25) is 0 Å². The van der Waals surface area contributed by atoms with E-state index < -0.39 is 12.2 Å². The summed E-state index contributed by atoms with van der Waals surface area (Å²) < 4.78 is 9.91. The van der Waals surface area contributed by atoms with Crippen molar-refractivity contribution in [2.45, 2.75) is 26.7 Å². The molecule has 0 saturated carbocycles. The lowest BCUT2D eigenvalue weighted by Gasteiger charge is -2.29.